The maximum absolute atomic E-state index is 11.8. The lowest BCUT2D eigenvalue weighted by molar-refractivity contribution is -0.115. The predicted octanol–water partition coefficient (Wildman–Crippen LogP) is 2.46. The topological polar surface area (TPSA) is 89.6 Å². The highest BCUT2D eigenvalue weighted by Crippen LogP contribution is 2.19. The SMILES string of the molecule is N#CC(C#N)c1nc(CC(=O)Nc2ccccc2)cs1. The van der Waals surface area contributed by atoms with Crippen molar-refractivity contribution in [3.05, 3.63) is 46.4 Å². The molecule has 1 aromatic heterocycles. The van der Waals surface area contributed by atoms with Gasteiger partial charge in [-0.3, -0.25) is 4.79 Å². The van der Waals surface area contributed by atoms with Crippen LogP contribution in [0.1, 0.15) is 16.6 Å². The van der Waals surface area contributed by atoms with Gasteiger partial charge in [-0.2, -0.15) is 10.5 Å². The van der Waals surface area contributed by atoms with Gasteiger partial charge >= 0.3 is 0 Å². The second kappa shape index (κ2) is 6.46. The standard InChI is InChI=1S/C14H10N4OS/c15-7-10(8-16)14-18-12(9-20-14)6-13(19)17-11-4-2-1-3-5-11/h1-5,9-10H,6H2,(H,17,19). The Bertz CT molecular complexity index is 667. The Morgan fingerprint density at radius 1 is 1.30 bits per heavy atom. The smallest absolute Gasteiger partial charge is 0.230 e. The monoisotopic (exact) mass is 282 g/mol. The zero-order valence-electron chi connectivity index (χ0n) is 10.4. The quantitative estimate of drug-likeness (QED) is 0.932. The molecule has 1 aromatic carbocycles. The van der Waals surface area contributed by atoms with E-state index in [1.807, 2.05) is 30.3 Å². The summed E-state index contributed by atoms with van der Waals surface area (Å²) in [6, 6.07) is 12.9. The Balaban J connectivity index is 1.99. The fourth-order valence-corrected chi connectivity index (χ4v) is 2.37. The van der Waals surface area contributed by atoms with Crippen LogP contribution in [-0.2, 0) is 11.2 Å². The van der Waals surface area contributed by atoms with Crippen molar-refractivity contribution in [3.63, 3.8) is 0 Å². The molecule has 2 rings (SSSR count). The molecule has 5 nitrogen and oxygen atoms in total. The minimum atomic E-state index is -0.870. The van der Waals surface area contributed by atoms with Gasteiger partial charge in [0.25, 0.3) is 0 Å². The van der Waals surface area contributed by atoms with Crippen LogP contribution in [0.4, 0.5) is 5.69 Å². The largest absolute Gasteiger partial charge is 0.326 e. The van der Waals surface area contributed by atoms with E-state index in [0.717, 1.165) is 5.69 Å². The van der Waals surface area contributed by atoms with Gasteiger partial charge in [0, 0.05) is 11.1 Å². The molecule has 6 heteroatoms. The number of amides is 1. The number of para-hydroxylation sites is 1. The van der Waals surface area contributed by atoms with Crippen LogP contribution in [0.25, 0.3) is 0 Å². The lowest BCUT2D eigenvalue weighted by Crippen LogP contribution is -2.14. The highest BCUT2D eigenvalue weighted by atomic mass is 32.1. The van der Waals surface area contributed by atoms with Crippen LogP contribution in [0.15, 0.2) is 35.7 Å². The molecule has 20 heavy (non-hydrogen) atoms. The zero-order chi connectivity index (χ0) is 14.4. The number of nitrogens with one attached hydrogen (secondary N) is 1. The second-order valence-corrected chi connectivity index (χ2v) is 4.85. The van der Waals surface area contributed by atoms with Gasteiger partial charge in [-0.1, -0.05) is 18.2 Å². The maximum atomic E-state index is 11.8. The number of carbonyl (C=O) groups is 1. The van der Waals surface area contributed by atoms with Crippen molar-refractivity contribution in [2.45, 2.75) is 12.3 Å². The second-order valence-electron chi connectivity index (χ2n) is 3.96. The molecule has 1 amide bonds. The van der Waals surface area contributed by atoms with Gasteiger partial charge in [-0.25, -0.2) is 4.98 Å². The summed E-state index contributed by atoms with van der Waals surface area (Å²) in [7, 11) is 0. The number of rotatable bonds is 4. The Hall–Kier alpha value is -2.70. The molecule has 0 aliphatic carbocycles. The average molecular weight is 282 g/mol. The number of nitrogens with zero attached hydrogens (tertiary/aromatic N) is 3. The van der Waals surface area contributed by atoms with Crippen LogP contribution in [0, 0.1) is 22.7 Å². The molecule has 0 aliphatic rings. The number of aromatic nitrogens is 1. The molecule has 0 spiro atoms. The Morgan fingerprint density at radius 3 is 2.65 bits per heavy atom. The Kier molecular flexibility index (Phi) is 4.43. The van der Waals surface area contributed by atoms with Crippen molar-refractivity contribution in [3.8, 4) is 12.1 Å². The third kappa shape index (κ3) is 3.41. The van der Waals surface area contributed by atoms with Crippen molar-refractivity contribution in [2.75, 3.05) is 5.32 Å². The summed E-state index contributed by atoms with van der Waals surface area (Å²) in [5.41, 5.74) is 1.29. The van der Waals surface area contributed by atoms with Crippen molar-refractivity contribution >= 4 is 22.9 Å². The van der Waals surface area contributed by atoms with E-state index >= 15 is 0 Å². The predicted molar refractivity (Wildman–Crippen MR) is 74.9 cm³/mol. The molecule has 0 bridgehead atoms. The molecular formula is C14H10N4OS. The molecule has 1 N–H and O–H groups in total. The zero-order valence-corrected chi connectivity index (χ0v) is 11.2. The van der Waals surface area contributed by atoms with Crippen LogP contribution in [0.3, 0.4) is 0 Å². The average Bonchev–Trinajstić information content (AvgIpc) is 2.89. The first-order chi connectivity index (χ1) is 9.72. The number of carbonyl (C=O) groups excluding carboxylic acids is 1. The number of nitriles is 2. The van der Waals surface area contributed by atoms with Crippen LogP contribution in [-0.4, -0.2) is 10.9 Å². The first-order valence-corrected chi connectivity index (χ1v) is 6.69. The first-order valence-electron chi connectivity index (χ1n) is 5.81. The van der Waals surface area contributed by atoms with E-state index in [2.05, 4.69) is 10.3 Å². The van der Waals surface area contributed by atoms with Crippen LogP contribution < -0.4 is 5.32 Å². The molecular weight excluding hydrogens is 272 g/mol. The number of hydrogen-bond donors (Lipinski definition) is 1. The fourth-order valence-electron chi connectivity index (χ4n) is 1.57. The van der Waals surface area contributed by atoms with Crippen molar-refractivity contribution < 1.29 is 4.79 Å². The van der Waals surface area contributed by atoms with Gasteiger partial charge in [0.15, 0.2) is 5.92 Å². The molecule has 0 atom stereocenters. The minimum Gasteiger partial charge on any atom is -0.326 e. The molecule has 0 saturated heterocycles. The van der Waals surface area contributed by atoms with Gasteiger partial charge in [0.2, 0.25) is 5.91 Å². The van der Waals surface area contributed by atoms with Crippen LogP contribution in [0.2, 0.25) is 0 Å². The molecule has 0 unspecified atom stereocenters. The summed E-state index contributed by atoms with van der Waals surface area (Å²) >= 11 is 1.22. The summed E-state index contributed by atoms with van der Waals surface area (Å²) in [5.74, 6) is -1.05. The van der Waals surface area contributed by atoms with Gasteiger partial charge < -0.3 is 5.32 Å². The van der Waals surface area contributed by atoms with Crippen molar-refractivity contribution in [1.29, 1.82) is 10.5 Å². The molecule has 0 fully saturated rings. The number of benzene rings is 1. The van der Waals surface area contributed by atoms with Gasteiger partial charge in [-0.15, -0.1) is 11.3 Å². The normalized spacial score (nSPS) is 9.75. The van der Waals surface area contributed by atoms with E-state index in [9.17, 15) is 4.79 Å². The lowest BCUT2D eigenvalue weighted by Gasteiger charge is -2.02. The van der Waals surface area contributed by atoms with E-state index < -0.39 is 5.92 Å². The van der Waals surface area contributed by atoms with Crippen LogP contribution >= 0.6 is 11.3 Å². The first kappa shape index (κ1) is 13.7. The molecule has 1 heterocycles. The Morgan fingerprint density at radius 2 is 2.00 bits per heavy atom. The fraction of sp³-hybridized carbons (Fsp3) is 0.143. The van der Waals surface area contributed by atoms with Gasteiger partial charge in [-0.05, 0) is 12.1 Å². The van der Waals surface area contributed by atoms with Crippen molar-refractivity contribution in [1.82, 2.24) is 4.98 Å². The molecule has 0 radical (unpaired) electrons. The van der Waals surface area contributed by atoms with Crippen molar-refractivity contribution in [2.24, 2.45) is 0 Å². The molecule has 0 saturated carbocycles. The van der Waals surface area contributed by atoms with Gasteiger partial charge in [0.05, 0.1) is 24.3 Å². The summed E-state index contributed by atoms with van der Waals surface area (Å²) in [5, 5.41) is 22.4. The maximum Gasteiger partial charge on any atom is 0.230 e. The summed E-state index contributed by atoms with van der Waals surface area (Å²) in [6.45, 7) is 0. The molecule has 2 aromatic rings. The minimum absolute atomic E-state index is 0.120. The highest BCUT2D eigenvalue weighted by Gasteiger charge is 2.15. The molecule has 0 aliphatic heterocycles. The summed E-state index contributed by atoms with van der Waals surface area (Å²) < 4.78 is 0. The lowest BCUT2D eigenvalue weighted by atomic mass is 10.2. The Labute approximate surface area is 120 Å². The number of anilines is 1. The third-order valence-electron chi connectivity index (χ3n) is 2.47. The highest BCUT2D eigenvalue weighted by molar-refractivity contribution is 7.09. The summed E-state index contributed by atoms with van der Waals surface area (Å²) in [4.78, 5) is 16.0. The van der Waals surface area contributed by atoms with Gasteiger partial charge in [0.1, 0.15) is 5.01 Å². The number of hydrogen-bond acceptors (Lipinski definition) is 5. The number of thiazole rings is 1. The van der Waals surface area contributed by atoms with E-state index in [-0.39, 0.29) is 12.3 Å². The van der Waals surface area contributed by atoms with E-state index in [4.69, 9.17) is 10.5 Å². The van der Waals surface area contributed by atoms with E-state index in [0.29, 0.717) is 10.7 Å². The van der Waals surface area contributed by atoms with E-state index in [1.54, 1.807) is 17.5 Å². The van der Waals surface area contributed by atoms with Crippen LogP contribution in [0.5, 0.6) is 0 Å². The third-order valence-corrected chi connectivity index (χ3v) is 3.43. The summed E-state index contributed by atoms with van der Waals surface area (Å²) in [6.07, 6.45) is 0.120. The van der Waals surface area contributed by atoms with E-state index in [1.165, 1.54) is 11.3 Å². The molecule has 98 valence electrons.